The van der Waals surface area contributed by atoms with Crippen LogP contribution in [0.3, 0.4) is 0 Å². The van der Waals surface area contributed by atoms with Gasteiger partial charge in [-0.1, -0.05) is 30.7 Å². The van der Waals surface area contributed by atoms with Crippen molar-refractivity contribution in [3.63, 3.8) is 0 Å². The SMILES string of the molecule is CCCn1cnc(=O)c(-c2cccc(Cl)c2)c1. The van der Waals surface area contributed by atoms with Crippen LogP contribution in [-0.4, -0.2) is 9.55 Å². The van der Waals surface area contributed by atoms with Crippen molar-refractivity contribution in [3.8, 4) is 11.1 Å². The summed E-state index contributed by atoms with van der Waals surface area (Å²) in [6.45, 7) is 2.93. The van der Waals surface area contributed by atoms with E-state index in [4.69, 9.17) is 11.6 Å². The van der Waals surface area contributed by atoms with Crippen LogP contribution in [-0.2, 0) is 6.54 Å². The van der Waals surface area contributed by atoms with Crippen LogP contribution >= 0.6 is 11.6 Å². The molecule has 0 spiro atoms. The summed E-state index contributed by atoms with van der Waals surface area (Å²) in [6.07, 6.45) is 4.39. The average Bonchev–Trinajstić information content (AvgIpc) is 2.32. The zero-order valence-corrected chi connectivity index (χ0v) is 10.3. The van der Waals surface area contributed by atoms with Gasteiger partial charge in [-0.15, -0.1) is 0 Å². The van der Waals surface area contributed by atoms with Gasteiger partial charge in [-0.25, -0.2) is 0 Å². The maximum Gasteiger partial charge on any atom is 0.280 e. The van der Waals surface area contributed by atoms with Crippen LogP contribution in [0.2, 0.25) is 5.02 Å². The van der Waals surface area contributed by atoms with Crippen molar-refractivity contribution in [2.45, 2.75) is 19.9 Å². The van der Waals surface area contributed by atoms with E-state index in [2.05, 4.69) is 11.9 Å². The normalized spacial score (nSPS) is 10.5. The van der Waals surface area contributed by atoms with Gasteiger partial charge in [0.1, 0.15) is 0 Å². The third-order valence-corrected chi connectivity index (χ3v) is 2.70. The Morgan fingerprint density at radius 1 is 1.41 bits per heavy atom. The Balaban J connectivity index is 2.50. The molecule has 88 valence electrons. The predicted octanol–water partition coefficient (Wildman–Crippen LogP) is 2.97. The molecule has 0 saturated heterocycles. The largest absolute Gasteiger partial charge is 0.338 e. The highest BCUT2D eigenvalue weighted by Gasteiger charge is 2.05. The van der Waals surface area contributed by atoms with E-state index in [9.17, 15) is 4.79 Å². The smallest absolute Gasteiger partial charge is 0.280 e. The predicted molar refractivity (Wildman–Crippen MR) is 69.2 cm³/mol. The lowest BCUT2D eigenvalue weighted by molar-refractivity contribution is 0.659. The van der Waals surface area contributed by atoms with E-state index < -0.39 is 0 Å². The van der Waals surface area contributed by atoms with Crippen molar-refractivity contribution in [3.05, 3.63) is 52.2 Å². The average molecular weight is 249 g/mol. The topological polar surface area (TPSA) is 34.9 Å². The Hall–Kier alpha value is -1.61. The maximum absolute atomic E-state index is 11.7. The number of benzene rings is 1. The fourth-order valence-corrected chi connectivity index (χ4v) is 1.88. The Morgan fingerprint density at radius 2 is 2.24 bits per heavy atom. The van der Waals surface area contributed by atoms with E-state index in [1.54, 1.807) is 18.5 Å². The number of hydrogen-bond donors (Lipinski definition) is 0. The molecule has 0 aliphatic carbocycles. The first-order chi connectivity index (χ1) is 8.20. The van der Waals surface area contributed by atoms with Gasteiger partial charge in [0.2, 0.25) is 0 Å². The lowest BCUT2D eigenvalue weighted by Crippen LogP contribution is -2.13. The first-order valence-electron chi connectivity index (χ1n) is 5.52. The number of hydrogen-bond acceptors (Lipinski definition) is 2. The maximum atomic E-state index is 11.7. The van der Waals surface area contributed by atoms with Crippen molar-refractivity contribution < 1.29 is 0 Å². The highest BCUT2D eigenvalue weighted by Crippen LogP contribution is 2.19. The molecule has 0 amide bonds. The standard InChI is InChI=1S/C13H13ClN2O/c1-2-6-16-8-12(13(17)15-9-16)10-4-3-5-11(14)7-10/h3-5,7-9H,2,6H2,1H3. The number of nitrogens with zero attached hydrogens (tertiary/aromatic N) is 2. The Labute approximate surface area is 105 Å². The van der Waals surface area contributed by atoms with Gasteiger partial charge in [0.05, 0.1) is 11.9 Å². The van der Waals surface area contributed by atoms with Crippen molar-refractivity contribution in [1.82, 2.24) is 9.55 Å². The molecule has 0 aliphatic heterocycles. The molecule has 1 heterocycles. The molecule has 17 heavy (non-hydrogen) atoms. The number of halogens is 1. The van der Waals surface area contributed by atoms with E-state index in [0.29, 0.717) is 10.6 Å². The minimum absolute atomic E-state index is 0.223. The molecule has 2 aromatic rings. The third kappa shape index (κ3) is 2.74. The molecule has 0 bridgehead atoms. The summed E-state index contributed by atoms with van der Waals surface area (Å²) in [5, 5.41) is 0.618. The number of aromatic nitrogens is 2. The molecule has 0 saturated carbocycles. The fraction of sp³-hybridized carbons (Fsp3) is 0.231. The summed E-state index contributed by atoms with van der Waals surface area (Å²) in [7, 11) is 0. The Morgan fingerprint density at radius 3 is 2.94 bits per heavy atom. The van der Waals surface area contributed by atoms with E-state index in [0.717, 1.165) is 18.5 Å². The van der Waals surface area contributed by atoms with E-state index in [1.807, 2.05) is 22.9 Å². The fourth-order valence-electron chi connectivity index (χ4n) is 1.69. The van der Waals surface area contributed by atoms with Gasteiger partial charge in [0.25, 0.3) is 5.56 Å². The molecule has 0 atom stereocenters. The minimum Gasteiger partial charge on any atom is -0.338 e. The number of rotatable bonds is 3. The van der Waals surface area contributed by atoms with Crippen LogP contribution < -0.4 is 5.56 Å². The highest BCUT2D eigenvalue weighted by molar-refractivity contribution is 6.30. The molecular weight excluding hydrogens is 236 g/mol. The summed E-state index contributed by atoms with van der Waals surface area (Å²) < 4.78 is 1.91. The highest BCUT2D eigenvalue weighted by atomic mass is 35.5. The molecular formula is C13H13ClN2O. The summed E-state index contributed by atoms with van der Waals surface area (Å²) >= 11 is 5.92. The second-order valence-corrected chi connectivity index (χ2v) is 4.28. The minimum atomic E-state index is -0.223. The van der Waals surface area contributed by atoms with Crippen LogP contribution in [0.4, 0.5) is 0 Å². The van der Waals surface area contributed by atoms with E-state index in [-0.39, 0.29) is 5.56 Å². The molecule has 0 fully saturated rings. The van der Waals surface area contributed by atoms with Gasteiger partial charge in [-0.05, 0) is 24.1 Å². The summed E-state index contributed by atoms with van der Waals surface area (Å²) in [6, 6.07) is 7.25. The van der Waals surface area contributed by atoms with Gasteiger partial charge in [-0.3, -0.25) is 4.79 Å². The molecule has 0 radical (unpaired) electrons. The lowest BCUT2D eigenvalue weighted by atomic mass is 10.1. The first-order valence-corrected chi connectivity index (χ1v) is 5.90. The second-order valence-electron chi connectivity index (χ2n) is 3.84. The molecule has 0 aliphatic rings. The van der Waals surface area contributed by atoms with Crippen molar-refractivity contribution in [2.24, 2.45) is 0 Å². The zero-order valence-electron chi connectivity index (χ0n) is 9.56. The quantitative estimate of drug-likeness (QED) is 0.837. The molecule has 2 rings (SSSR count). The monoisotopic (exact) mass is 248 g/mol. The second kappa shape index (κ2) is 5.15. The van der Waals surface area contributed by atoms with Gasteiger partial charge in [0, 0.05) is 17.8 Å². The summed E-state index contributed by atoms with van der Waals surface area (Å²) in [4.78, 5) is 15.6. The zero-order chi connectivity index (χ0) is 12.3. The van der Waals surface area contributed by atoms with Crippen LogP contribution in [0.1, 0.15) is 13.3 Å². The first kappa shape index (κ1) is 11.9. The third-order valence-electron chi connectivity index (χ3n) is 2.47. The van der Waals surface area contributed by atoms with Crippen molar-refractivity contribution in [2.75, 3.05) is 0 Å². The molecule has 4 heteroatoms. The van der Waals surface area contributed by atoms with Crippen LogP contribution in [0.25, 0.3) is 11.1 Å². The van der Waals surface area contributed by atoms with Gasteiger partial charge >= 0.3 is 0 Å². The Kier molecular flexibility index (Phi) is 3.59. The van der Waals surface area contributed by atoms with Crippen LogP contribution in [0, 0.1) is 0 Å². The molecule has 1 aromatic carbocycles. The van der Waals surface area contributed by atoms with E-state index >= 15 is 0 Å². The molecule has 3 nitrogen and oxygen atoms in total. The number of aryl methyl sites for hydroxylation is 1. The molecule has 1 aromatic heterocycles. The summed E-state index contributed by atoms with van der Waals surface area (Å²) in [5.74, 6) is 0. The van der Waals surface area contributed by atoms with Crippen LogP contribution in [0.5, 0.6) is 0 Å². The Bertz CT molecular complexity index is 578. The van der Waals surface area contributed by atoms with Crippen molar-refractivity contribution >= 4 is 11.6 Å². The van der Waals surface area contributed by atoms with Crippen LogP contribution in [0.15, 0.2) is 41.6 Å². The lowest BCUT2D eigenvalue weighted by Gasteiger charge is -2.06. The summed E-state index contributed by atoms with van der Waals surface area (Å²) in [5.41, 5.74) is 1.17. The molecule has 0 unspecified atom stereocenters. The van der Waals surface area contributed by atoms with Gasteiger partial charge < -0.3 is 4.57 Å². The van der Waals surface area contributed by atoms with Crippen molar-refractivity contribution in [1.29, 1.82) is 0 Å². The van der Waals surface area contributed by atoms with Gasteiger partial charge in [-0.2, -0.15) is 4.98 Å². The van der Waals surface area contributed by atoms with E-state index in [1.165, 1.54) is 0 Å². The van der Waals surface area contributed by atoms with Gasteiger partial charge in [0.15, 0.2) is 0 Å². The molecule has 0 N–H and O–H groups in total.